The Morgan fingerprint density at radius 1 is 1.40 bits per heavy atom. The molecule has 6 N–H and O–H groups in total. The maximum atomic E-state index is 13.6. The van der Waals surface area contributed by atoms with Gasteiger partial charge in [0.1, 0.15) is 35.8 Å². The Hall–Kier alpha value is -2.89. The normalized spacial score (nSPS) is 29.8. The lowest BCUT2D eigenvalue weighted by atomic mass is 9.96. The van der Waals surface area contributed by atoms with E-state index in [0.717, 1.165) is 0 Å². The molecule has 1 aromatic carbocycles. The molecule has 0 radical (unpaired) electrons. The number of carbonyl (C=O) groups excluding carboxylic acids is 1. The Labute approximate surface area is 172 Å². The van der Waals surface area contributed by atoms with Crippen LogP contribution in [0.4, 0.5) is 10.1 Å². The average molecular weight is 417 g/mol. The molecule has 5 atom stereocenters. The van der Waals surface area contributed by atoms with Gasteiger partial charge in [0.05, 0.1) is 12.2 Å². The zero-order valence-electron chi connectivity index (χ0n) is 16.4. The van der Waals surface area contributed by atoms with E-state index in [0.29, 0.717) is 29.9 Å². The van der Waals surface area contributed by atoms with E-state index >= 15 is 0 Å². The smallest absolute Gasteiger partial charge is 0.271 e. The molecular weight excluding hydrogens is 393 g/mol. The molecule has 1 aliphatic carbocycles. The number of fused-ring (bicyclic) bond motifs is 1. The average Bonchev–Trinajstić information content (AvgIpc) is 3.29. The number of nitrogens with zero attached hydrogens (tertiary/aromatic N) is 4. The van der Waals surface area contributed by atoms with Crippen LogP contribution in [0.1, 0.15) is 18.4 Å². The fourth-order valence-corrected chi connectivity index (χ4v) is 3.96. The summed E-state index contributed by atoms with van der Waals surface area (Å²) in [5.41, 5.74) is 9.74. The van der Waals surface area contributed by atoms with E-state index in [1.54, 1.807) is 7.05 Å². The minimum absolute atomic E-state index is 0.107. The molecule has 10 nitrogen and oxygen atoms in total. The van der Waals surface area contributed by atoms with Gasteiger partial charge < -0.3 is 20.8 Å². The number of amides is 1. The number of hydrogen-bond acceptors (Lipinski definition) is 9. The first kappa shape index (κ1) is 20.4. The Bertz CT molecular complexity index is 935. The van der Waals surface area contributed by atoms with Gasteiger partial charge in [0.2, 0.25) is 0 Å². The van der Waals surface area contributed by atoms with Crippen molar-refractivity contribution in [3.05, 3.63) is 29.6 Å². The van der Waals surface area contributed by atoms with E-state index in [-0.39, 0.29) is 24.2 Å². The highest BCUT2D eigenvalue weighted by Gasteiger charge is 2.44. The van der Waals surface area contributed by atoms with E-state index in [4.69, 9.17) is 5.73 Å². The van der Waals surface area contributed by atoms with Gasteiger partial charge in [-0.15, -0.1) is 0 Å². The van der Waals surface area contributed by atoms with Crippen molar-refractivity contribution in [2.45, 2.75) is 43.8 Å². The highest BCUT2D eigenvalue weighted by atomic mass is 19.1. The third-order valence-electron chi connectivity index (χ3n) is 5.66. The Morgan fingerprint density at radius 3 is 2.93 bits per heavy atom. The van der Waals surface area contributed by atoms with Gasteiger partial charge in [-0.1, -0.05) is 0 Å². The van der Waals surface area contributed by atoms with Gasteiger partial charge in [0.15, 0.2) is 0 Å². The summed E-state index contributed by atoms with van der Waals surface area (Å²) in [5, 5.41) is 27.3. The molecule has 30 heavy (non-hydrogen) atoms. The number of hydrogen-bond donors (Lipinski definition) is 5. The SMILES string of the molecule is CN(Cc1cc(F)ccc1N)C(=O)C1=NNC2=NC=NC(N[C@@H]3CC[C@@H](O)[C@H]3O)C21. The van der Waals surface area contributed by atoms with E-state index in [2.05, 4.69) is 25.8 Å². The first-order valence-electron chi connectivity index (χ1n) is 9.69. The zero-order valence-corrected chi connectivity index (χ0v) is 16.4. The first-order valence-corrected chi connectivity index (χ1v) is 9.69. The van der Waals surface area contributed by atoms with Crippen LogP contribution in [0.2, 0.25) is 0 Å². The lowest BCUT2D eigenvalue weighted by Crippen LogP contribution is -2.53. The summed E-state index contributed by atoms with van der Waals surface area (Å²) in [5.74, 6) is -0.910. The summed E-state index contributed by atoms with van der Waals surface area (Å²) in [4.78, 5) is 23.0. The van der Waals surface area contributed by atoms with Crippen LogP contribution in [-0.4, -0.2) is 70.4 Å². The molecule has 0 saturated heterocycles. The Morgan fingerprint density at radius 2 is 2.20 bits per heavy atom. The summed E-state index contributed by atoms with van der Waals surface area (Å²) in [6.07, 6.45) is 0.160. The van der Waals surface area contributed by atoms with Crippen LogP contribution in [0.25, 0.3) is 0 Å². The molecule has 4 rings (SSSR count). The monoisotopic (exact) mass is 417 g/mol. The molecule has 160 valence electrons. The molecule has 11 heteroatoms. The van der Waals surface area contributed by atoms with Gasteiger partial charge in [-0.2, -0.15) is 5.10 Å². The molecule has 0 aromatic heterocycles. The second-order valence-corrected chi connectivity index (χ2v) is 7.72. The van der Waals surface area contributed by atoms with Crippen molar-refractivity contribution in [1.82, 2.24) is 15.6 Å². The number of nitrogens with two attached hydrogens (primary N) is 1. The van der Waals surface area contributed by atoms with Crippen LogP contribution in [0.15, 0.2) is 33.3 Å². The number of halogens is 1. The number of benzene rings is 1. The van der Waals surface area contributed by atoms with Crippen molar-refractivity contribution in [1.29, 1.82) is 0 Å². The number of rotatable bonds is 5. The molecule has 1 saturated carbocycles. The standard InChI is InChI=1S/C19H24FN7O3/c1-27(7-9-6-10(20)2-3-11(9)21)19(30)15-14-17(22-8-23-18(14)26-25-15)24-12-4-5-13(28)16(12)29/h2-3,6,8,12-14,16-17,24,28-29H,4-5,7,21H2,1H3,(H,22,23,26)/t12-,13-,14?,16+,17?/m1/s1. The van der Waals surface area contributed by atoms with E-state index in [1.807, 2.05) is 0 Å². The van der Waals surface area contributed by atoms with Crippen molar-refractivity contribution in [3.8, 4) is 0 Å². The van der Waals surface area contributed by atoms with Crippen LogP contribution in [0.5, 0.6) is 0 Å². The van der Waals surface area contributed by atoms with E-state index in [9.17, 15) is 19.4 Å². The molecule has 2 heterocycles. The number of nitrogens with one attached hydrogen (secondary N) is 2. The minimum atomic E-state index is -0.911. The summed E-state index contributed by atoms with van der Waals surface area (Å²) < 4.78 is 13.6. The molecule has 0 spiro atoms. The molecule has 2 aliphatic heterocycles. The number of aliphatic hydroxyl groups excluding tert-OH is 2. The van der Waals surface area contributed by atoms with Gasteiger partial charge in [-0.25, -0.2) is 9.38 Å². The van der Waals surface area contributed by atoms with Gasteiger partial charge in [0.25, 0.3) is 5.91 Å². The highest BCUT2D eigenvalue weighted by Crippen LogP contribution is 2.25. The van der Waals surface area contributed by atoms with Crippen molar-refractivity contribution < 1.29 is 19.4 Å². The zero-order chi connectivity index (χ0) is 21.4. The molecule has 2 unspecified atom stereocenters. The van der Waals surface area contributed by atoms with Crippen LogP contribution >= 0.6 is 0 Å². The van der Waals surface area contributed by atoms with Gasteiger partial charge in [-0.3, -0.25) is 20.5 Å². The van der Waals surface area contributed by atoms with Gasteiger partial charge >= 0.3 is 0 Å². The number of hydrazone groups is 1. The summed E-state index contributed by atoms with van der Waals surface area (Å²) >= 11 is 0. The number of anilines is 1. The van der Waals surface area contributed by atoms with Crippen LogP contribution in [-0.2, 0) is 11.3 Å². The van der Waals surface area contributed by atoms with Crippen molar-refractivity contribution in [3.63, 3.8) is 0 Å². The van der Waals surface area contributed by atoms with Crippen molar-refractivity contribution >= 4 is 29.5 Å². The molecule has 1 amide bonds. The number of aliphatic hydroxyl groups is 2. The molecular formula is C19H24FN7O3. The van der Waals surface area contributed by atoms with Crippen LogP contribution in [0, 0.1) is 11.7 Å². The Balaban J connectivity index is 1.49. The predicted molar refractivity (Wildman–Crippen MR) is 109 cm³/mol. The number of nitrogen functional groups attached to an aromatic ring is 1. The predicted octanol–water partition coefficient (Wildman–Crippen LogP) is -0.818. The largest absolute Gasteiger partial charge is 0.398 e. The van der Waals surface area contributed by atoms with E-state index < -0.39 is 30.1 Å². The van der Waals surface area contributed by atoms with E-state index in [1.165, 1.54) is 29.4 Å². The van der Waals surface area contributed by atoms with Crippen molar-refractivity contribution in [2.75, 3.05) is 12.8 Å². The topological polar surface area (TPSA) is 148 Å². The minimum Gasteiger partial charge on any atom is -0.398 e. The maximum absolute atomic E-state index is 13.6. The quantitative estimate of drug-likeness (QED) is 0.396. The number of carbonyl (C=O) groups is 1. The Kier molecular flexibility index (Phi) is 5.50. The van der Waals surface area contributed by atoms with Crippen LogP contribution < -0.4 is 16.5 Å². The van der Waals surface area contributed by atoms with Crippen LogP contribution in [0.3, 0.4) is 0 Å². The number of aliphatic imine (C=N–C) groups is 2. The first-order chi connectivity index (χ1) is 14.3. The molecule has 1 aromatic rings. The number of amidine groups is 1. The third kappa shape index (κ3) is 3.78. The lowest BCUT2D eigenvalue weighted by Gasteiger charge is -2.29. The second kappa shape index (κ2) is 8.09. The summed E-state index contributed by atoms with van der Waals surface area (Å²) in [6.45, 7) is 0.107. The van der Waals surface area contributed by atoms with Gasteiger partial charge in [-0.05, 0) is 36.6 Å². The second-order valence-electron chi connectivity index (χ2n) is 7.72. The summed E-state index contributed by atoms with van der Waals surface area (Å²) in [6, 6.07) is 3.66. The lowest BCUT2D eigenvalue weighted by molar-refractivity contribution is -0.123. The summed E-state index contributed by atoms with van der Waals surface area (Å²) in [7, 11) is 1.58. The van der Waals surface area contributed by atoms with Gasteiger partial charge in [0, 0.05) is 25.3 Å². The highest BCUT2D eigenvalue weighted by molar-refractivity contribution is 6.45. The molecule has 1 fully saturated rings. The van der Waals surface area contributed by atoms with Crippen molar-refractivity contribution in [2.24, 2.45) is 21.0 Å². The fourth-order valence-electron chi connectivity index (χ4n) is 3.96. The third-order valence-corrected chi connectivity index (χ3v) is 5.66. The fraction of sp³-hybridized carbons (Fsp3) is 0.474. The molecule has 0 bridgehead atoms. The maximum Gasteiger partial charge on any atom is 0.271 e. The molecule has 3 aliphatic rings.